The Morgan fingerprint density at radius 3 is 2.61 bits per heavy atom. The minimum atomic E-state index is -3.79. The first-order chi connectivity index (χ1) is 15.0. The second-order valence-electron chi connectivity index (χ2n) is 7.08. The molecule has 1 saturated heterocycles. The van der Waals surface area contributed by atoms with Crippen LogP contribution in [0.4, 0.5) is 5.69 Å². The molecule has 1 fully saturated rings. The van der Waals surface area contributed by atoms with Crippen molar-refractivity contribution >= 4 is 21.6 Å². The predicted molar refractivity (Wildman–Crippen MR) is 110 cm³/mol. The van der Waals surface area contributed by atoms with E-state index in [1.54, 1.807) is 30.3 Å². The third kappa shape index (κ3) is 4.30. The molecule has 4 rings (SSSR count). The maximum Gasteiger partial charge on any atom is 0.244 e. The van der Waals surface area contributed by atoms with E-state index in [0.29, 0.717) is 24.2 Å². The summed E-state index contributed by atoms with van der Waals surface area (Å²) in [5, 5.41) is 23.1. The number of tetrazole rings is 1. The van der Waals surface area contributed by atoms with Crippen molar-refractivity contribution in [2.75, 3.05) is 18.4 Å². The van der Waals surface area contributed by atoms with E-state index in [-0.39, 0.29) is 35.4 Å². The summed E-state index contributed by atoms with van der Waals surface area (Å²) >= 11 is 0. The zero-order valence-corrected chi connectivity index (χ0v) is 17.2. The fraction of sp³-hybridized carbons (Fsp3) is 0.250. The molecule has 11 heteroatoms. The Balaban J connectivity index is 1.40. The van der Waals surface area contributed by atoms with Gasteiger partial charge in [0.1, 0.15) is 12.4 Å². The Morgan fingerprint density at radius 1 is 1.13 bits per heavy atom. The van der Waals surface area contributed by atoms with Crippen LogP contribution in [0.15, 0.2) is 59.8 Å². The molecule has 158 valence electrons. The molecule has 1 aliphatic heterocycles. The first-order valence-corrected chi connectivity index (χ1v) is 11.1. The van der Waals surface area contributed by atoms with E-state index in [1.807, 2.05) is 12.1 Å². The fourth-order valence-electron chi connectivity index (χ4n) is 3.53. The standard InChI is InChI=1S/C20H19N7O3S/c21-13-16-4-1-2-7-19(16)31(29,30)26-10-8-15(9-11-26)20(28)23-17-5-3-6-18(12-17)27-14-22-24-25-27/h1-7,12,14-15H,8-11H2,(H,23,28). The molecule has 0 radical (unpaired) electrons. The number of carbonyl (C=O) groups excluding carboxylic acids is 1. The van der Waals surface area contributed by atoms with Crippen LogP contribution < -0.4 is 5.32 Å². The SMILES string of the molecule is N#Cc1ccccc1S(=O)(=O)N1CCC(C(=O)Nc2cccc(-n3cnnn3)c2)CC1. The van der Waals surface area contributed by atoms with Crippen molar-refractivity contribution in [3.8, 4) is 11.8 Å². The lowest BCUT2D eigenvalue weighted by molar-refractivity contribution is -0.120. The number of piperidine rings is 1. The highest BCUT2D eigenvalue weighted by Gasteiger charge is 2.33. The third-order valence-electron chi connectivity index (χ3n) is 5.18. The smallest absolute Gasteiger partial charge is 0.244 e. The molecule has 2 aromatic carbocycles. The van der Waals surface area contributed by atoms with Crippen molar-refractivity contribution in [3.63, 3.8) is 0 Å². The van der Waals surface area contributed by atoms with E-state index in [9.17, 15) is 18.5 Å². The van der Waals surface area contributed by atoms with Gasteiger partial charge in [0.2, 0.25) is 15.9 Å². The van der Waals surface area contributed by atoms with Gasteiger partial charge in [-0.15, -0.1) is 5.10 Å². The summed E-state index contributed by atoms with van der Waals surface area (Å²) in [5.41, 5.74) is 1.43. The fourth-order valence-corrected chi connectivity index (χ4v) is 5.14. The first kappa shape index (κ1) is 20.6. The molecule has 31 heavy (non-hydrogen) atoms. The second-order valence-corrected chi connectivity index (χ2v) is 8.99. The third-order valence-corrected chi connectivity index (χ3v) is 7.13. The summed E-state index contributed by atoms with van der Waals surface area (Å²) in [6.45, 7) is 0.426. The van der Waals surface area contributed by atoms with E-state index >= 15 is 0 Å². The molecular weight excluding hydrogens is 418 g/mol. The molecule has 10 nitrogen and oxygen atoms in total. The molecule has 3 aromatic rings. The molecule has 0 spiro atoms. The lowest BCUT2D eigenvalue weighted by atomic mass is 9.97. The van der Waals surface area contributed by atoms with E-state index in [0.717, 1.165) is 0 Å². The van der Waals surface area contributed by atoms with Gasteiger partial charge in [0, 0.05) is 24.7 Å². The number of amides is 1. The van der Waals surface area contributed by atoms with Gasteiger partial charge in [0.25, 0.3) is 0 Å². The molecule has 1 aliphatic rings. The maximum atomic E-state index is 12.9. The Bertz CT molecular complexity index is 1230. The number of nitriles is 1. The van der Waals surface area contributed by atoms with E-state index in [4.69, 9.17) is 0 Å². The topological polar surface area (TPSA) is 134 Å². The van der Waals surface area contributed by atoms with Crippen molar-refractivity contribution in [2.24, 2.45) is 5.92 Å². The minimum absolute atomic E-state index is 0.000169. The number of sulfonamides is 1. The van der Waals surface area contributed by atoms with Gasteiger partial charge in [-0.2, -0.15) is 9.57 Å². The molecule has 0 aliphatic carbocycles. The zero-order valence-electron chi connectivity index (χ0n) is 16.4. The summed E-state index contributed by atoms with van der Waals surface area (Å²) in [7, 11) is -3.79. The van der Waals surface area contributed by atoms with Crippen LogP contribution in [0, 0.1) is 17.2 Å². The number of hydrogen-bond donors (Lipinski definition) is 1. The van der Waals surface area contributed by atoms with Crippen LogP contribution in [-0.4, -0.2) is 51.9 Å². The minimum Gasteiger partial charge on any atom is -0.326 e. The molecule has 0 unspecified atom stereocenters. The van der Waals surface area contributed by atoms with Crippen molar-refractivity contribution in [3.05, 3.63) is 60.4 Å². The maximum absolute atomic E-state index is 12.9. The summed E-state index contributed by atoms with van der Waals surface area (Å²) in [6.07, 6.45) is 2.25. The number of rotatable bonds is 5. The molecule has 0 saturated carbocycles. The van der Waals surface area contributed by atoms with Gasteiger partial charge in [0.15, 0.2) is 0 Å². The molecular formula is C20H19N7O3S. The number of nitrogens with zero attached hydrogens (tertiary/aromatic N) is 6. The van der Waals surface area contributed by atoms with Gasteiger partial charge in [0.05, 0.1) is 16.1 Å². The summed E-state index contributed by atoms with van der Waals surface area (Å²) in [6, 6.07) is 15.2. The lowest BCUT2D eigenvalue weighted by Gasteiger charge is -2.30. The highest BCUT2D eigenvalue weighted by Crippen LogP contribution is 2.26. The number of hydrogen-bond acceptors (Lipinski definition) is 7. The average Bonchev–Trinajstić information content (AvgIpc) is 3.34. The highest BCUT2D eigenvalue weighted by atomic mass is 32.2. The molecule has 0 bridgehead atoms. The van der Waals surface area contributed by atoms with E-state index < -0.39 is 10.0 Å². The Kier molecular flexibility index (Phi) is 5.75. The van der Waals surface area contributed by atoms with Crippen LogP contribution in [-0.2, 0) is 14.8 Å². The lowest BCUT2D eigenvalue weighted by Crippen LogP contribution is -2.41. The van der Waals surface area contributed by atoms with Gasteiger partial charge in [-0.1, -0.05) is 18.2 Å². The number of anilines is 1. The van der Waals surface area contributed by atoms with Crippen molar-refractivity contribution in [2.45, 2.75) is 17.7 Å². The van der Waals surface area contributed by atoms with Gasteiger partial charge in [-0.3, -0.25) is 4.79 Å². The van der Waals surface area contributed by atoms with Crippen LogP contribution in [0.25, 0.3) is 5.69 Å². The largest absolute Gasteiger partial charge is 0.326 e. The Morgan fingerprint density at radius 2 is 1.90 bits per heavy atom. The molecule has 1 amide bonds. The zero-order chi connectivity index (χ0) is 21.8. The summed E-state index contributed by atoms with van der Waals surface area (Å²) in [5.74, 6) is -0.474. The second kappa shape index (κ2) is 8.63. The van der Waals surface area contributed by atoms with Gasteiger partial charge in [-0.25, -0.2) is 13.1 Å². The van der Waals surface area contributed by atoms with Crippen LogP contribution in [0.3, 0.4) is 0 Å². The van der Waals surface area contributed by atoms with E-state index in [2.05, 4.69) is 20.8 Å². The Hall–Kier alpha value is -3.62. The van der Waals surface area contributed by atoms with Gasteiger partial charge in [-0.05, 0) is 53.6 Å². The van der Waals surface area contributed by atoms with Crippen molar-refractivity contribution in [1.82, 2.24) is 24.5 Å². The molecule has 1 N–H and O–H groups in total. The monoisotopic (exact) mass is 437 g/mol. The van der Waals surface area contributed by atoms with E-state index in [1.165, 1.54) is 27.4 Å². The van der Waals surface area contributed by atoms with Gasteiger partial charge < -0.3 is 5.32 Å². The number of nitrogens with one attached hydrogen (secondary N) is 1. The highest BCUT2D eigenvalue weighted by molar-refractivity contribution is 7.89. The number of benzene rings is 2. The van der Waals surface area contributed by atoms with Crippen molar-refractivity contribution < 1.29 is 13.2 Å². The first-order valence-electron chi connectivity index (χ1n) is 9.62. The van der Waals surface area contributed by atoms with Gasteiger partial charge >= 0.3 is 0 Å². The number of aromatic nitrogens is 4. The summed E-state index contributed by atoms with van der Waals surface area (Å²) < 4.78 is 28.7. The Labute approximate surface area is 179 Å². The number of carbonyl (C=O) groups is 1. The van der Waals surface area contributed by atoms with Crippen LogP contribution in [0.1, 0.15) is 18.4 Å². The van der Waals surface area contributed by atoms with Crippen LogP contribution in [0.5, 0.6) is 0 Å². The predicted octanol–water partition coefficient (Wildman–Crippen LogP) is 1.57. The molecule has 2 heterocycles. The normalized spacial score (nSPS) is 15.3. The quantitative estimate of drug-likeness (QED) is 0.640. The molecule has 0 atom stereocenters. The van der Waals surface area contributed by atoms with Crippen LogP contribution in [0.2, 0.25) is 0 Å². The molecule has 1 aromatic heterocycles. The summed E-state index contributed by atoms with van der Waals surface area (Å²) in [4.78, 5) is 12.7. The average molecular weight is 437 g/mol. The van der Waals surface area contributed by atoms with Crippen LogP contribution >= 0.6 is 0 Å². The van der Waals surface area contributed by atoms with Crippen molar-refractivity contribution in [1.29, 1.82) is 5.26 Å².